The zero-order chi connectivity index (χ0) is 14.4. The molecule has 0 spiro atoms. The fraction of sp³-hybridized carbons (Fsp3) is 0.286. The Morgan fingerprint density at radius 2 is 2.20 bits per heavy atom. The van der Waals surface area contributed by atoms with Gasteiger partial charge in [0, 0.05) is 6.54 Å². The molecule has 0 atom stereocenters. The smallest absolute Gasteiger partial charge is 0.262 e. The number of carbonyl (C=O) groups is 1. The van der Waals surface area contributed by atoms with Crippen LogP contribution in [0.4, 0.5) is 5.69 Å². The summed E-state index contributed by atoms with van der Waals surface area (Å²) in [5, 5.41) is 6.80. The van der Waals surface area contributed by atoms with Crippen molar-refractivity contribution in [3.8, 4) is 11.5 Å². The zero-order valence-corrected chi connectivity index (χ0v) is 11.5. The van der Waals surface area contributed by atoms with Crippen LogP contribution in [0.25, 0.3) is 0 Å². The topological polar surface area (TPSA) is 65.4 Å². The van der Waals surface area contributed by atoms with E-state index >= 15 is 0 Å². The first-order valence-electron chi connectivity index (χ1n) is 6.31. The molecular weight excluding hydrogens is 258 g/mol. The van der Waals surface area contributed by atoms with Crippen LogP contribution in [0.15, 0.2) is 36.7 Å². The lowest BCUT2D eigenvalue weighted by Gasteiger charge is -2.09. The van der Waals surface area contributed by atoms with Gasteiger partial charge in [-0.3, -0.25) is 9.48 Å². The van der Waals surface area contributed by atoms with Crippen LogP contribution in [-0.2, 0) is 11.3 Å². The van der Waals surface area contributed by atoms with E-state index in [4.69, 9.17) is 9.47 Å². The van der Waals surface area contributed by atoms with Crippen LogP contribution >= 0.6 is 0 Å². The number of ether oxygens (including phenoxy) is 2. The quantitative estimate of drug-likeness (QED) is 0.874. The molecule has 2 aromatic rings. The first-order valence-corrected chi connectivity index (χ1v) is 6.31. The molecule has 0 aliphatic heterocycles. The Hall–Kier alpha value is -2.50. The van der Waals surface area contributed by atoms with Crippen LogP contribution in [0, 0.1) is 0 Å². The molecule has 0 aliphatic carbocycles. The number of hydrogen-bond donors (Lipinski definition) is 1. The summed E-state index contributed by atoms with van der Waals surface area (Å²) in [6.07, 6.45) is 3.33. The van der Waals surface area contributed by atoms with Gasteiger partial charge in [-0.1, -0.05) is 12.1 Å². The van der Waals surface area contributed by atoms with Gasteiger partial charge in [0.25, 0.3) is 5.91 Å². The minimum Gasteiger partial charge on any atom is -0.495 e. The number of nitrogens with zero attached hydrogens (tertiary/aromatic N) is 2. The Labute approximate surface area is 117 Å². The Balaban J connectivity index is 1.89. The van der Waals surface area contributed by atoms with Gasteiger partial charge < -0.3 is 14.8 Å². The van der Waals surface area contributed by atoms with Gasteiger partial charge in [0.2, 0.25) is 0 Å². The van der Waals surface area contributed by atoms with Gasteiger partial charge in [-0.2, -0.15) is 5.10 Å². The summed E-state index contributed by atoms with van der Waals surface area (Å²) in [6.45, 7) is 2.66. The van der Waals surface area contributed by atoms with Gasteiger partial charge in [0.15, 0.2) is 12.4 Å². The maximum absolute atomic E-state index is 11.8. The van der Waals surface area contributed by atoms with Crippen LogP contribution in [-0.4, -0.2) is 29.4 Å². The van der Waals surface area contributed by atoms with Gasteiger partial charge in [0.1, 0.15) is 5.75 Å². The molecule has 1 N–H and O–H groups in total. The van der Waals surface area contributed by atoms with Gasteiger partial charge in [-0.15, -0.1) is 0 Å². The molecule has 1 aromatic carbocycles. The molecule has 1 amide bonds. The number of methoxy groups -OCH3 is 1. The SMILES string of the molecule is CCn1cc(OCC(=O)Nc2ccccc2OC)cn1. The highest BCUT2D eigenvalue weighted by atomic mass is 16.5. The van der Waals surface area contributed by atoms with E-state index in [2.05, 4.69) is 10.4 Å². The van der Waals surface area contributed by atoms with Gasteiger partial charge in [-0.25, -0.2) is 0 Å². The van der Waals surface area contributed by atoms with Crippen molar-refractivity contribution in [1.82, 2.24) is 9.78 Å². The highest BCUT2D eigenvalue weighted by Crippen LogP contribution is 2.22. The van der Waals surface area contributed by atoms with Gasteiger partial charge in [0.05, 0.1) is 25.2 Å². The fourth-order valence-corrected chi connectivity index (χ4v) is 1.68. The molecule has 6 heteroatoms. The minimum atomic E-state index is -0.251. The van der Waals surface area contributed by atoms with E-state index in [-0.39, 0.29) is 12.5 Å². The lowest BCUT2D eigenvalue weighted by molar-refractivity contribution is -0.118. The van der Waals surface area contributed by atoms with Crippen molar-refractivity contribution < 1.29 is 14.3 Å². The molecule has 106 valence electrons. The minimum absolute atomic E-state index is 0.0759. The molecule has 0 aliphatic rings. The number of benzene rings is 1. The monoisotopic (exact) mass is 275 g/mol. The third-order valence-electron chi connectivity index (χ3n) is 2.68. The average molecular weight is 275 g/mol. The molecule has 20 heavy (non-hydrogen) atoms. The first-order chi connectivity index (χ1) is 9.72. The number of para-hydroxylation sites is 2. The van der Waals surface area contributed by atoms with E-state index in [1.807, 2.05) is 19.1 Å². The van der Waals surface area contributed by atoms with E-state index < -0.39 is 0 Å². The van der Waals surface area contributed by atoms with Crippen molar-refractivity contribution in [3.63, 3.8) is 0 Å². The lowest BCUT2D eigenvalue weighted by atomic mass is 10.3. The summed E-state index contributed by atoms with van der Waals surface area (Å²) in [5.74, 6) is 0.931. The third-order valence-corrected chi connectivity index (χ3v) is 2.68. The van der Waals surface area contributed by atoms with Gasteiger partial charge >= 0.3 is 0 Å². The van der Waals surface area contributed by atoms with Crippen molar-refractivity contribution in [2.45, 2.75) is 13.5 Å². The summed E-state index contributed by atoms with van der Waals surface area (Å²) in [4.78, 5) is 11.8. The van der Waals surface area contributed by atoms with E-state index in [1.165, 1.54) is 0 Å². The van der Waals surface area contributed by atoms with E-state index in [0.29, 0.717) is 17.2 Å². The highest BCUT2D eigenvalue weighted by Gasteiger charge is 2.08. The largest absolute Gasteiger partial charge is 0.495 e. The van der Waals surface area contributed by atoms with Crippen molar-refractivity contribution >= 4 is 11.6 Å². The Morgan fingerprint density at radius 1 is 1.40 bits per heavy atom. The Morgan fingerprint density at radius 3 is 2.90 bits per heavy atom. The Bertz CT molecular complexity index is 581. The summed E-state index contributed by atoms with van der Waals surface area (Å²) in [6, 6.07) is 7.21. The highest BCUT2D eigenvalue weighted by molar-refractivity contribution is 5.93. The van der Waals surface area contributed by atoms with E-state index in [9.17, 15) is 4.79 Å². The number of amides is 1. The maximum atomic E-state index is 11.8. The van der Waals surface area contributed by atoms with Crippen LogP contribution < -0.4 is 14.8 Å². The Kier molecular flexibility index (Phi) is 4.60. The standard InChI is InChI=1S/C14H17N3O3/c1-3-17-9-11(8-15-17)20-10-14(18)16-12-6-4-5-7-13(12)19-2/h4-9H,3,10H2,1-2H3,(H,16,18). The second-order valence-corrected chi connectivity index (χ2v) is 4.07. The fourth-order valence-electron chi connectivity index (χ4n) is 1.68. The first kappa shape index (κ1) is 13.9. The molecule has 0 fully saturated rings. The second kappa shape index (κ2) is 6.60. The van der Waals surface area contributed by atoms with Crippen LogP contribution in [0.5, 0.6) is 11.5 Å². The van der Waals surface area contributed by atoms with Crippen molar-refractivity contribution in [3.05, 3.63) is 36.7 Å². The molecule has 0 saturated carbocycles. The summed E-state index contributed by atoms with van der Waals surface area (Å²) in [7, 11) is 1.56. The van der Waals surface area contributed by atoms with Gasteiger partial charge in [-0.05, 0) is 19.1 Å². The van der Waals surface area contributed by atoms with Crippen molar-refractivity contribution in [2.24, 2.45) is 0 Å². The molecule has 6 nitrogen and oxygen atoms in total. The van der Waals surface area contributed by atoms with Crippen molar-refractivity contribution in [2.75, 3.05) is 19.0 Å². The molecule has 2 rings (SSSR count). The maximum Gasteiger partial charge on any atom is 0.262 e. The van der Waals surface area contributed by atoms with E-state index in [0.717, 1.165) is 6.54 Å². The van der Waals surface area contributed by atoms with Crippen LogP contribution in [0.3, 0.4) is 0 Å². The summed E-state index contributed by atoms with van der Waals surface area (Å²) in [5.41, 5.74) is 0.618. The van der Waals surface area contributed by atoms with Crippen LogP contribution in [0.1, 0.15) is 6.92 Å². The zero-order valence-electron chi connectivity index (χ0n) is 11.5. The molecule has 1 heterocycles. The summed E-state index contributed by atoms with van der Waals surface area (Å²) >= 11 is 0. The second-order valence-electron chi connectivity index (χ2n) is 4.07. The predicted molar refractivity (Wildman–Crippen MR) is 75.0 cm³/mol. The molecular formula is C14H17N3O3. The number of anilines is 1. The molecule has 0 bridgehead atoms. The molecule has 0 saturated heterocycles. The normalized spacial score (nSPS) is 10.1. The third kappa shape index (κ3) is 3.50. The number of hydrogen-bond acceptors (Lipinski definition) is 4. The summed E-state index contributed by atoms with van der Waals surface area (Å²) < 4.78 is 12.2. The lowest BCUT2D eigenvalue weighted by Crippen LogP contribution is -2.20. The van der Waals surface area contributed by atoms with Crippen molar-refractivity contribution in [1.29, 1.82) is 0 Å². The number of nitrogens with one attached hydrogen (secondary N) is 1. The molecule has 0 radical (unpaired) electrons. The number of rotatable bonds is 6. The number of aryl methyl sites for hydroxylation is 1. The molecule has 0 unspecified atom stereocenters. The number of aromatic nitrogens is 2. The average Bonchev–Trinajstić information content (AvgIpc) is 2.94. The molecule has 1 aromatic heterocycles. The van der Waals surface area contributed by atoms with E-state index in [1.54, 1.807) is 36.3 Å². The number of carbonyl (C=O) groups excluding carboxylic acids is 1. The predicted octanol–water partition coefficient (Wildman–Crippen LogP) is 1.93. The van der Waals surface area contributed by atoms with Crippen LogP contribution in [0.2, 0.25) is 0 Å².